The first-order chi connectivity index (χ1) is 8.59. The van der Waals surface area contributed by atoms with Crippen molar-refractivity contribution in [2.45, 2.75) is 11.3 Å². The van der Waals surface area contributed by atoms with Gasteiger partial charge in [0.2, 0.25) is 10.0 Å². The SMILES string of the molecule is O=S(=O)(NCCc1cccs1)c1ccccc1O. The van der Waals surface area contributed by atoms with Crippen LogP contribution in [0.15, 0.2) is 46.7 Å². The van der Waals surface area contributed by atoms with Crippen LogP contribution in [-0.4, -0.2) is 20.1 Å². The molecule has 0 aliphatic heterocycles. The first-order valence-electron chi connectivity index (χ1n) is 5.39. The highest BCUT2D eigenvalue weighted by molar-refractivity contribution is 7.89. The Balaban J connectivity index is 2.02. The zero-order chi connectivity index (χ0) is 13.0. The molecular formula is C12H13NO3S2. The van der Waals surface area contributed by atoms with Gasteiger partial charge in [-0.05, 0) is 30.0 Å². The van der Waals surface area contributed by atoms with Crippen LogP contribution < -0.4 is 4.72 Å². The van der Waals surface area contributed by atoms with E-state index in [0.717, 1.165) is 4.88 Å². The molecule has 0 bridgehead atoms. The summed E-state index contributed by atoms with van der Waals surface area (Å²) in [5.41, 5.74) is 0. The van der Waals surface area contributed by atoms with E-state index >= 15 is 0 Å². The fourth-order valence-electron chi connectivity index (χ4n) is 1.53. The van der Waals surface area contributed by atoms with E-state index in [1.54, 1.807) is 23.5 Å². The molecule has 0 aliphatic rings. The van der Waals surface area contributed by atoms with Gasteiger partial charge in [0.25, 0.3) is 0 Å². The molecule has 0 radical (unpaired) electrons. The van der Waals surface area contributed by atoms with E-state index in [1.807, 2.05) is 17.5 Å². The summed E-state index contributed by atoms with van der Waals surface area (Å²) in [6.07, 6.45) is 0.643. The minimum absolute atomic E-state index is 0.0869. The van der Waals surface area contributed by atoms with Gasteiger partial charge in [0.15, 0.2) is 0 Å². The zero-order valence-corrected chi connectivity index (χ0v) is 11.2. The third-order valence-corrected chi connectivity index (χ3v) is 4.84. The lowest BCUT2D eigenvalue weighted by Gasteiger charge is -2.07. The van der Waals surface area contributed by atoms with Crippen LogP contribution in [0.2, 0.25) is 0 Å². The van der Waals surface area contributed by atoms with Gasteiger partial charge in [-0.3, -0.25) is 0 Å². The van der Waals surface area contributed by atoms with Gasteiger partial charge < -0.3 is 5.11 Å². The van der Waals surface area contributed by atoms with Gasteiger partial charge in [-0.2, -0.15) is 0 Å². The molecule has 18 heavy (non-hydrogen) atoms. The second-order valence-electron chi connectivity index (χ2n) is 3.69. The lowest BCUT2D eigenvalue weighted by Crippen LogP contribution is -2.25. The summed E-state index contributed by atoms with van der Waals surface area (Å²) in [7, 11) is -3.64. The summed E-state index contributed by atoms with van der Waals surface area (Å²) in [4.78, 5) is 1.03. The van der Waals surface area contributed by atoms with Crippen LogP contribution in [0.3, 0.4) is 0 Å². The average molecular weight is 283 g/mol. The Labute approximate surface area is 110 Å². The van der Waals surface area contributed by atoms with Gasteiger partial charge in [0.05, 0.1) is 0 Å². The van der Waals surface area contributed by atoms with Crippen molar-refractivity contribution < 1.29 is 13.5 Å². The number of thiophene rings is 1. The van der Waals surface area contributed by atoms with E-state index in [2.05, 4.69) is 4.72 Å². The number of hydrogen-bond acceptors (Lipinski definition) is 4. The summed E-state index contributed by atoms with van der Waals surface area (Å²) in [6.45, 7) is 0.317. The molecule has 0 spiro atoms. The quantitative estimate of drug-likeness (QED) is 0.881. The van der Waals surface area contributed by atoms with Gasteiger partial charge in [-0.15, -0.1) is 11.3 Å². The molecule has 1 heterocycles. The van der Waals surface area contributed by atoms with Gasteiger partial charge in [-0.25, -0.2) is 13.1 Å². The number of nitrogens with one attached hydrogen (secondary N) is 1. The number of phenols is 1. The van der Waals surface area contributed by atoms with E-state index in [0.29, 0.717) is 13.0 Å². The number of sulfonamides is 1. The molecule has 0 fully saturated rings. The molecule has 0 atom stereocenters. The summed E-state index contributed by atoms with van der Waals surface area (Å²) in [5.74, 6) is -0.235. The first kappa shape index (κ1) is 13.1. The molecule has 2 rings (SSSR count). The molecule has 4 nitrogen and oxygen atoms in total. The van der Waals surface area contributed by atoms with Gasteiger partial charge in [0.1, 0.15) is 10.6 Å². The Morgan fingerprint density at radius 1 is 1.17 bits per heavy atom. The lowest BCUT2D eigenvalue weighted by molar-refractivity contribution is 0.458. The van der Waals surface area contributed by atoms with Gasteiger partial charge in [-0.1, -0.05) is 18.2 Å². The van der Waals surface area contributed by atoms with Crippen LogP contribution in [0.5, 0.6) is 5.75 Å². The normalized spacial score (nSPS) is 11.6. The Morgan fingerprint density at radius 3 is 2.61 bits per heavy atom. The van der Waals surface area contributed by atoms with E-state index in [9.17, 15) is 13.5 Å². The molecule has 0 amide bonds. The number of para-hydroxylation sites is 1. The Morgan fingerprint density at radius 2 is 1.94 bits per heavy atom. The summed E-state index contributed by atoms with van der Waals surface area (Å²) in [6, 6.07) is 9.78. The number of rotatable bonds is 5. The van der Waals surface area contributed by atoms with Crippen LogP contribution in [0.4, 0.5) is 0 Å². The van der Waals surface area contributed by atoms with Crippen molar-refractivity contribution >= 4 is 21.4 Å². The average Bonchev–Trinajstić information content (AvgIpc) is 2.82. The van der Waals surface area contributed by atoms with Crippen molar-refractivity contribution in [1.29, 1.82) is 0 Å². The van der Waals surface area contributed by atoms with Crippen molar-refractivity contribution in [2.24, 2.45) is 0 Å². The Hall–Kier alpha value is -1.37. The highest BCUT2D eigenvalue weighted by atomic mass is 32.2. The third-order valence-electron chi connectivity index (χ3n) is 2.40. The molecule has 2 N–H and O–H groups in total. The largest absolute Gasteiger partial charge is 0.507 e. The highest BCUT2D eigenvalue weighted by Gasteiger charge is 2.17. The van der Waals surface area contributed by atoms with E-state index in [-0.39, 0.29) is 10.6 Å². The van der Waals surface area contributed by atoms with E-state index < -0.39 is 10.0 Å². The maximum Gasteiger partial charge on any atom is 0.244 e. The number of benzene rings is 1. The van der Waals surface area contributed by atoms with Crippen LogP contribution in [0, 0.1) is 0 Å². The van der Waals surface area contributed by atoms with E-state index in [1.165, 1.54) is 12.1 Å². The number of hydrogen-bond donors (Lipinski definition) is 2. The number of phenolic OH excluding ortho intramolecular Hbond substituents is 1. The lowest BCUT2D eigenvalue weighted by atomic mass is 10.3. The van der Waals surface area contributed by atoms with E-state index in [4.69, 9.17) is 0 Å². The molecule has 0 saturated carbocycles. The maximum absolute atomic E-state index is 11.9. The van der Waals surface area contributed by atoms with Gasteiger partial charge in [0, 0.05) is 11.4 Å². The van der Waals surface area contributed by atoms with Crippen molar-refractivity contribution in [3.63, 3.8) is 0 Å². The Bertz CT molecular complexity index is 606. The molecule has 1 aromatic heterocycles. The van der Waals surface area contributed by atoms with Crippen LogP contribution in [-0.2, 0) is 16.4 Å². The summed E-state index contributed by atoms with van der Waals surface area (Å²) < 4.78 is 26.3. The van der Waals surface area contributed by atoms with Crippen molar-refractivity contribution in [3.8, 4) is 5.75 Å². The van der Waals surface area contributed by atoms with Crippen molar-refractivity contribution in [2.75, 3.05) is 6.54 Å². The first-order valence-corrected chi connectivity index (χ1v) is 7.76. The minimum atomic E-state index is -3.64. The Kier molecular flexibility index (Phi) is 4.00. The summed E-state index contributed by atoms with van der Waals surface area (Å²) >= 11 is 1.59. The molecule has 96 valence electrons. The second-order valence-corrected chi connectivity index (χ2v) is 6.46. The summed E-state index contributed by atoms with van der Waals surface area (Å²) in [5, 5.41) is 11.5. The minimum Gasteiger partial charge on any atom is -0.507 e. The fourth-order valence-corrected chi connectivity index (χ4v) is 3.36. The smallest absolute Gasteiger partial charge is 0.244 e. The topological polar surface area (TPSA) is 66.4 Å². The molecule has 1 aromatic carbocycles. The van der Waals surface area contributed by atoms with Crippen molar-refractivity contribution in [1.82, 2.24) is 4.72 Å². The van der Waals surface area contributed by atoms with Crippen LogP contribution >= 0.6 is 11.3 Å². The highest BCUT2D eigenvalue weighted by Crippen LogP contribution is 2.21. The monoisotopic (exact) mass is 283 g/mol. The second kappa shape index (κ2) is 5.51. The third kappa shape index (κ3) is 3.10. The molecule has 0 unspecified atom stereocenters. The number of aromatic hydroxyl groups is 1. The standard InChI is InChI=1S/C12H13NO3S2/c14-11-5-1-2-6-12(11)18(15,16)13-8-7-10-4-3-9-17-10/h1-6,9,13-14H,7-8H2. The van der Waals surface area contributed by atoms with Crippen molar-refractivity contribution in [3.05, 3.63) is 46.7 Å². The molecular weight excluding hydrogens is 270 g/mol. The van der Waals surface area contributed by atoms with Crippen LogP contribution in [0.25, 0.3) is 0 Å². The van der Waals surface area contributed by atoms with Crippen LogP contribution in [0.1, 0.15) is 4.88 Å². The zero-order valence-electron chi connectivity index (χ0n) is 9.54. The predicted octanol–water partition coefficient (Wildman–Crippen LogP) is 1.97. The molecule has 6 heteroatoms. The molecule has 2 aromatic rings. The maximum atomic E-state index is 11.9. The molecule has 0 saturated heterocycles. The van der Waals surface area contributed by atoms with Gasteiger partial charge >= 0.3 is 0 Å². The fraction of sp³-hybridized carbons (Fsp3) is 0.167. The predicted molar refractivity (Wildman–Crippen MR) is 71.3 cm³/mol. The molecule has 0 aliphatic carbocycles.